The van der Waals surface area contributed by atoms with Gasteiger partial charge in [0.25, 0.3) is 0 Å². The van der Waals surface area contributed by atoms with Gasteiger partial charge in [-0.1, -0.05) is 65.7 Å². The molecule has 0 aromatic heterocycles. The molecule has 0 heterocycles. The lowest BCUT2D eigenvalue weighted by molar-refractivity contribution is 0.672. The predicted molar refractivity (Wildman–Crippen MR) is 63.7 cm³/mol. The molecule has 0 rings (SSSR count). The molecule has 0 fully saturated rings. The molecule has 0 spiro atoms. The molecule has 0 aromatic rings. The number of hydrogen-bond donors (Lipinski definition) is 0. The van der Waals surface area contributed by atoms with E-state index in [1.807, 2.05) is 0 Å². The summed E-state index contributed by atoms with van der Waals surface area (Å²) >= 11 is 0.286. The Morgan fingerprint density at radius 1 is 0.923 bits per heavy atom. The Kier molecular flexibility index (Phi) is 11.5. The van der Waals surface area contributed by atoms with E-state index in [9.17, 15) is 0 Å². The van der Waals surface area contributed by atoms with Crippen molar-refractivity contribution in [1.82, 2.24) is 0 Å². The molecule has 0 bridgehead atoms. The molecule has 1 unspecified atom stereocenters. The van der Waals surface area contributed by atoms with Gasteiger partial charge in [0.1, 0.15) is 0 Å². The standard InChI is InChI=1S/2C6H13.Mg/c2*1-3-5-6-4-2;/h5H,3-4,6H2,1-2H3;1,3-6H2,2H3;. The van der Waals surface area contributed by atoms with Gasteiger partial charge in [0.15, 0.2) is 0 Å². The second kappa shape index (κ2) is 10.8. The van der Waals surface area contributed by atoms with E-state index in [0.717, 1.165) is 4.05 Å². The van der Waals surface area contributed by atoms with Crippen LogP contribution in [0.1, 0.15) is 65.7 Å². The lowest BCUT2D eigenvalue weighted by Crippen LogP contribution is -2.01. The maximum atomic E-state index is 2.37. The molecule has 0 N–H and O–H groups in total. The van der Waals surface area contributed by atoms with Crippen LogP contribution in [-0.2, 0) is 0 Å². The molecule has 0 saturated carbocycles. The summed E-state index contributed by atoms with van der Waals surface area (Å²) in [7, 11) is 0. The molecule has 0 aliphatic carbocycles. The smallest absolute Gasteiger partial charge is 0.145 e. The average molecular weight is 195 g/mol. The first-order chi connectivity index (χ1) is 6.35. The van der Waals surface area contributed by atoms with E-state index in [4.69, 9.17) is 0 Å². The summed E-state index contributed by atoms with van der Waals surface area (Å²) in [5, 5.41) is 0. The quantitative estimate of drug-likeness (QED) is 0.369. The van der Waals surface area contributed by atoms with Crippen LogP contribution < -0.4 is 0 Å². The van der Waals surface area contributed by atoms with Crippen LogP contribution in [0.15, 0.2) is 0 Å². The summed E-state index contributed by atoms with van der Waals surface area (Å²) in [6, 6.07) is 0. The predicted octanol–water partition coefficient (Wildman–Crippen LogP) is 4.69. The molecule has 1 atom stereocenters. The zero-order chi connectivity index (χ0) is 9.94. The van der Waals surface area contributed by atoms with Crippen molar-refractivity contribution in [2.24, 2.45) is 0 Å². The highest BCUT2D eigenvalue weighted by Gasteiger charge is 2.07. The second-order valence-corrected chi connectivity index (χ2v) is 6.70. The highest BCUT2D eigenvalue weighted by atomic mass is 24.5. The van der Waals surface area contributed by atoms with Crippen molar-refractivity contribution in [3.63, 3.8) is 0 Å². The minimum Gasteiger partial charge on any atom is -0.145 e. The molecule has 13 heavy (non-hydrogen) atoms. The third-order valence-electron chi connectivity index (χ3n) is 2.99. The Hall–Kier alpha value is 0.766. The van der Waals surface area contributed by atoms with Crippen molar-refractivity contribution in [3.05, 3.63) is 0 Å². The molecular weight excluding hydrogens is 168 g/mol. The van der Waals surface area contributed by atoms with Gasteiger partial charge in [0.05, 0.1) is 0 Å². The van der Waals surface area contributed by atoms with E-state index in [2.05, 4.69) is 20.8 Å². The Bertz CT molecular complexity index is 91.1. The Labute approximate surface area is 94.6 Å². The Morgan fingerprint density at radius 2 is 1.69 bits per heavy atom. The first-order valence-corrected chi connectivity index (χ1v) is 8.16. The van der Waals surface area contributed by atoms with Gasteiger partial charge in [-0.05, 0) is 0 Å². The van der Waals surface area contributed by atoms with Gasteiger partial charge in [-0.15, -0.1) is 8.60 Å². The van der Waals surface area contributed by atoms with Crippen LogP contribution in [0.4, 0.5) is 0 Å². The molecule has 0 saturated heterocycles. The van der Waals surface area contributed by atoms with Crippen molar-refractivity contribution >= 4 is 20.4 Å². The van der Waals surface area contributed by atoms with E-state index in [-0.39, 0.29) is 20.4 Å². The van der Waals surface area contributed by atoms with Crippen molar-refractivity contribution in [2.75, 3.05) is 0 Å². The van der Waals surface area contributed by atoms with Crippen LogP contribution in [0.3, 0.4) is 0 Å². The van der Waals surface area contributed by atoms with E-state index in [0.29, 0.717) is 0 Å². The van der Waals surface area contributed by atoms with Crippen LogP contribution in [0.25, 0.3) is 0 Å². The van der Waals surface area contributed by atoms with Crippen molar-refractivity contribution in [1.29, 1.82) is 0 Å². The molecule has 0 aliphatic heterocycles. The first kappa shape index (κ1) is 13.8. The van der Waals surface area contributed by atoms with E-state index >= 15 is 0 Å². The van der Waals surface area contributed by atoms with Gasteiger partial charge < -0.3 is 0 Å². The summed E-state index contributed by atoms with van der Waals surface area (Å²) in [5.74, 6) is 0. The molecule has 0 nitrogen and oxygen atoms in total. The second-order valence-electron chi connectivity index (χ2n) is 4.27. The SMILES string of the molecule is CCCCC[CH2][Mg][CH](CC)CCC. The topological polar surface area (TPSA) is 0 Å². The summed E-state index contributed by atoms with van der Waals surface area (Å²) in [4.78, 5) is 0. The van der Waals surface area contributed by atoms with Crippen molar-refractivity contribution in [2.45, 2.75) is 74.3 Å². The van der Waals surface area contributed by atoms with E-state index in [1.165, 1.54) is 44.9 Å². The van der Waals surface area contributed by atoms with Gasteiger partial charge >= 0.3 is 20.4 Å². The van der Waals surface area contributed by atoms with Crippen LogP contribution in [0.2, 0.25) is 8.60 Å². The maximum Gasteiger partial charge on any atom is 0.368 e. The van der Waals surface area contributed by atoms with Crippen LogP contribution in [0.5, 0.6) is 0 Å². The van der Waals surface area contributed by atoms with E-state index in [1.54, 1.807) is 4.55 Å². The van der Waals surface area contributed by atoms with Crippen LogP contribution >= 0.6 is 0 Å². The maximum absolute atomic E-state index is 2.37. The van der Waals surface area contributed by atoms with Gasteiger partial charge in [-0.25, -0.2) is 0 Å². The third-order valence-corrected chi connectivity index (χ3v) is 5.70. The third kappa shape index (κ3) is 9.08. The normalized spacial score (nSPS) is 12.5. The molecule has 0 aromatic carbocycles. The van der Waals surface area contributed by atoms with Gasteiger partial charge in [0.2, 0.25) is 0 Å². The average Bonchev–Trinajstić information content (AvgIpc) is 2.16. The monoisotopic (exact) mass is 194 g/mol. The van der Waals surface area contributed by atoms with Crippen LogP contribution in [0, 0.1) is 0 Å². The fourth-order valence-electron chi connectivity index (χ4n) is 2.00. The number of hydrogen-bond acceptors (Lipinski definition) is 0. The fraction of sp³-hybridized carbons (Fsp3) is 1.00. The molecule has 0 amide bonds. The van der Waals surface area contributed by atoms with Gasteiger partial charge in [-0.3, -0.25) is 0 Å². The summed E-state index contributed by atoms with van der Waals surface area (Å²) in [5.41, 5.74) is 0. The summed E-state index contributed by atoms with van der Waals surface area (Å²) < 4.78 is 2.77. The summed E-state index contributed by atoms with van der Waals surface area (Å²) in [6.07, 6.45) is 10.2. The Morgan fingerprint density at radius 3 is 2.23 bits per heavy atom. The van der Waals surface area contributed by atoms with Crippen molar-refractivity contribution < 1.29 is 0 Å². The van der Waals surface area contributed by atoms with Gasteiger partial charge in [-0.2, -0.15) is 0 Å². The molecule has 0 aliphatic rings. The number of unbranched alkanes of at least 4 members (excludes halogenated alkanes) is 3. The largest absolute Gasteiger partial charge is 0.368 e. The lowest BCUT2D eigenvalue weighted by Gasteiger charge is -2.11. The molecule has 0 radical (unpaired) electrons. The molecular formula is C12H26Mg. The minimum absolute atomic E-state index is 0.286. The molecule has 76 valence electrons. The van der Waals surface area contributed by atoms with Crippen LogP contribution in [-0.4, -0.2) is 20.4 Å². The zero-order valence-electron chi connectivity index (χ0n) is 9.94. The molecule has 1 heteroatoms. The zero-order valence-corrected chi connectivity index (χ0v) is 11.4. The Balaban J connectivity index is 3.17. The van der Waals surface area contributed by atoms with Crippen molar-refractivity contribution in [3.8, 4) is 0 Å². The first-order valence-electron chi connectivity index (χ1n) is 6.35. The number of rotatable bonds is 9. The van der Waals surface area contributed by atoms with E-state index < -0.39 is 0 Å². The highest BCUT2D eigenvalue weighted by Crippen LogP contribution is 2.18. The lowest BCUT2D eigenvalue weighted by atomic mass is 10.2. The minimum atomic E-state index is 0.286. The fourth-order valence-corrected chi connectivity index (χ4v) is 4.32. The summed E-state index contributed by atoms with van der Waals surface area (Å²) in [6.45, 7) is 7.00. The highest BCUT2D eigenvalue weighted by molar-refractivity contribution is 6.37. The van der Waals surface area contributed by atoms with Gasteiger partial charge in [0, 0.05) is 0 Å².